The molecule has 1 aliphatic rings. The first-order chi connectivity index (χ1) is 10.3. The molecule has 0 aliphatic carbocycles. The van der Waals surface area contributed by atoms with Gasteiger partial charge in [0.15, 0.2) is 0 Å². The highest BCUT2D eigenvalue weighted by Gasteiger charge is 2.44. The maximum atomic E-state index is 12.5. The van der Waals surface area contributed by atoms with E-state index in [9.17, 15) is 9.59 Å². The molecule has 2 rings (SSSR count). The summed E-state index contributed by atoms with van der Waals surface area (Å²) >= 11 is 1.49. The topological polar surface area (TPSA) is 68.7 Å². The van der Waals surface area contributed by atoms with Crippen LogP contribution >= 0.6 is 11.8 Å². The number of esters is 1. The van der Waals surface area contributed by atoms with Crippen molar-refractivity contribution in [2.45, 2.75) is 37.8 Å². The third-order valence-electron chi connectivity index (χ3n) is 3.05. The lowest BCUT2D eigenvalue weighted by Gasteiger charge is -2.30. The van der Waals surface area contributed by atoms with Crippen LogP contribution in [0.4, 0.5) is 4.79 Å². The molecule has 1 amide bonds. The predicted octanol–water partition coefficient (Wildman–Crippen LogP) is 2.61. The minimum atomic E-state index is -0.657. The number of thioether (sulfide) groups is 1. The molecule has 2 atom stereocenters. The second-order valence-corrected chi connectivity index (χ2v) is 7.01. The van der Waals surface area contributed by atoms with Gasteiger partial charge in [0.05, 0.1) is 7.11 Å². The minimum absolute atomic E-state index is 0.312. The molecule has 120 valence electrons. The van der Waals surface area contributed by atoms with Crippen molar-refractivity contribution in [1.82, 2.24) is 9.88 Å². The first kappa shape index (κ1) is 16.6. The number of ether oxygens (including phenoxy) is 2. The smallest absolute Gasteiger partial charge is 0.412 e. The maximum Gasteiger partial charge on any atom is 0.412 e. The quantitative estimate of drug-likeness (QED) is 0.779. The van der Waals surface area contributed by atoms with Crippen molar-refractivity contribution in [3.05, 3.63) is 30.1 Å². The van der Waals surface area contributed by atoms with E-state index in [2.05, 4.69) is 4.98 Å². The molecule has 2 heterocycles. The lowest BCUT2D eigenvalue weighted by atomic mass is 10.2. The van der Waals surface area contributed by atoms with Gasteiger partial charge in [0.2, 0.25) is 0 Å². The lowest BCUT2D eigenvalue weighted by Crippen LogP contribution is -2.45. The van der Waals surface area contributed by atoms with Crippen LogP contribution in [0, 0.1) is 0 Å². The van der Waals surface area contributed by atoms with E-state index in [-0.39, 0.29) is 5.37 Å². The lowest BCUT2D eigenvalue weighted by molar-refractivity contribution is -0.145. The van der Waals surface area contributed by atoms with E-state index >= 15 is 0 Å². The van der Waals surface area contributed by atoms with Crippen molar-refractivity contribution in [3.8, 4) is 0 Å². The first-order valence-electron chi connectivity index (χ1n) is 6.94. The molecular weight excluding hydrogens is 304 g/mol. The van der Waals surface area contributed by atoms with Gasteiger partial charge in [-0.25, -0.2) is 9.59 Å². The first-order valence-corrected chi connectivity index (χ1v) is 7.99. The number of methoxy groups -OCH3 is 1. The number of amides is 1. The average molecular weight is 324 g/mol. The van der Waals surface area contributed by atoms with Gasteiger partial charge in [-0.3, -0.25) is 9.88 Å². The van der Waals surface area contributed by atoms with E-state index in [0.29, 0.717) is 5.75 Å². The van der Waals surface area contributed by atoms with Crippen molar-refractivity contribution in [2.24, 2.45) is 0 Å². The monoisotopic (exact) mass is 324 g/mol. The summed E-state index contributed by atoms with van der Waals surface area (Å²) in [5.41, 5.74) is 0.217. The average Bonchev–Trinajstić information content (AvgIpc) is 2.90. The number of carbonyl (C=O) groups excluding carboxylic acids is 2. The fourth-order valence-corrected chi connectivity index (χ4v) is 3.53. The Morgan fingerprint density at radius 2 is 2.14 bits per heavy atom. The Labute approximate surface area is 134 Å². The summed E-state index contributed by atoms with van der Waals surface area (Å²) < 4.78 is 10.3. The van der Waals surface area contributed by atoms with Crippen molar-refractivity contribution in [2.75, 3.05) is 12.9 Å². The van der Waals surface area contributed by atoms with Crippen molar-refractivity contribution < 1.29 is 19.1 Å². The number of pyridine rings is 1. The highest BCUT2D eigenvalue weighted by atomic mass is 32.2. The van der Waals surface area contributed by atoms with Crippen LogP contribution in [-0.2, 0) is 14.3 Å². The van der Waals surface area contributed by atoms with Crippen LogP contribution in [-0.4, -0.2) is 46.5 Å². The third-order valence-corrected chi connectivity index (χ3v) is 4.37. The molecule has 1 saturated heterocycles. The van der Waals surface area contributed by atoms with E-state index in [1.54, 1.807) is 39.2 Å². The van der Waals surface area contributed by atoms with E-state index in [4.69, 9.17) is 9.47 Å². The molecule has 0 N–H and O–H groups in total. The maximum absolute atomic E-state index is 12.5. The Balaban J connectivity index is 2.30. The number of carbonyl (C=O) groups is 2. The Kier molecular flexibility index (Phi) is 4.95. The van der Waals surface area contributed by atoms with Crippen LogP contribution in [0.25, 0.3) is 0 Å². The highest BCUT2D eigenvalue weighted by molar-refractivity contribution is 7.99. The standard InChI is InChI=1S/C15H20N2O4S/c1-15(2,3)21-14(19)17-11(13(18)20-4)9-22-12(17)10-6-5-7-16-8-10/h5-8,11-12H,9H2,1-4H3. The van der Waals surface area contributed by atoms with Gasteiger partial charge in [-0.2, -0.15) is 0 Å². The summed E-state index contributed by atoms with van der Waals surface area (Å²) in [6.07, 6.45) is 2.83. The second-order valence-electron chi connectivity index (χ2n) is 5.90. The molecule has 6 nitrogen and oxygen atoms in total. The number of nitrogens with zero attached hydrogens (tertiary/aromatic N) is 2. The number of rotatable bonds is 2. The van der Waals surface area contributed by atoms with Gasteiger partial charge in [0, 0.05) is 23.7 Å². The van der Waals surface area contributed by atoms with E-state index in [1.807, 2.05) is 6.07 Å². The van der Waals surface area contributed by atoms with Gasteiger partial charge in [0.25, 0.3) is 0 Å². The number of hydrogen-bond acceptors (Lipinski definition) is 6. The highest BCUT2D eigenvalue weighted by Crippen LogP contribution is 2.42. The zero-order valence-electron chi connectivity index (χ0n) is 13.1. The Morgan fingerprint density at radius 3 is 2.68 bits per heavy atom. The summed E-state index contributed by atoms with van der Waals surface area (Å²) in [6.45, 7) is 5.38. The molecule has 22 heavy (non-hydrogen) atoms. The van der Waals surface area contributed by atoms with Crippen LogP contribution < -0.4 is 0 Å². The van der Waals surface area contributed by atoms with E-state index in [1.165, 1.54) is 23.8 Å². The molecule has 2 unspecified atom stereocenters. The van der Waals surface area contributed by atoms with Crippen molar-refractivity contribution in [3.63, 3.8) is 0 Å². The van der Waals surface area contributed by atoms with Gasteiger partial charge < -0.3 is 9.47 Å². The molecule has 1 fully saturated rings. The molecule has 1 aliphatic heterocycles. The minimum Gasteiger partial charge on any atom is -0.467 e. The Morgan fingerprint density at radius 1 is 1.41 bits per heavy atom. The molecule has 0 radical (unpaired) electrons. The van der Waals surface area contributed by atoms with Crippen LogP contribution in [0.2, 0.25) is 0 Å². The normalized spacial score (nSPS) is 21.5. The molecule has 7 heteroatoms. The SMILES string of the molecule is COC(=O)C1CSC(c2cccnc2)N1C(=O)OC(C)(C)C. The zero-order chi connectivity index (χ0) is 16.3. The molecule has 0 aromatic carbocycles. The van der Waals surface area contributed by atoms with Gasteiger partial charge in [-0.15, -0.1) is 11.8 Å². The molecule has 1 aromatic heterocycles. The van der Waals surface area contributed by atoms with Crippen LogP contribution in [0.15, 0.2) is 24.5 Å². The molecule has 1 aromatic rings. The van der Waals surface area contributed by atoms with E-state index < -0.39 is 23.7 Å². The summed E-state index contributed by atoms with van der Waals surface area (Å²) in [4.78, 5) is 30.0. The molecular formula is C15H20N2O4S. The zero-order valence-corrected chi connectivity index (χ0v) is 13.9. The summed E-state index contributed by atoms with van der Waals surface area (Å²) in [7, 11) is 1.32. The summed E-state index contributed by atoms with van der Waals surface area (Å²) in [5, 5.41) is -0.312. The van der Waals surface area contributed by atoms with Crippen LogP contribution in [0.3, 0.4) is 0 Å². The predicted molar refractivity (Wildman–Crippen MR) is 83.3 cm³/mol. The second kappa shape index (κ2) is 6.56. The molecule has 0 saturated carbocycles. The Hall–Kier alpha value is -1.76. The fourth-order valence-electron chi connectivity index (χ4n) is 2.14. The largest absolute Gasteiger partial charge is 0.467 e. The van der Waals surface area contributed by atoms with E-state index in [0.717, 1.165) is 5.56 Å². The third kappa shape index (κ3) is 3.71. The summed E-state index contributed by atoms with van der Waals surface area (Å²) in [6, 6.07) is 3.02. The van der Waals surface area contributed by atoms with Crippen LogP contribution in [0.5, 0.6) is 0 Å². The molecule has 0 bridgehead atoms. The van der Waals surface area contributed by atoms with Crippen molar-refractivity contribution in [1.29, 1.82) is 0 Å². The number of hydrogen-bond donors (Lipinski definition) is 0. The van der Waals surface area contributed by atoms with Crippen molar-refractivity contribution >= 4 is 23.8 Å². The van der Waals surface area contributed by atoms with Gasteiger partial charge in [-0.05, 0) is 26.8 Å². The Bertz CT molecular complexity index is 544. The summed E-state index contributed by atoms with van der Waals surface area (Å²) in [5.74, 6) is 0.0237. The van der Waals surface area contributed by atoms with Gasteiger partial charge in [0.1, 0.15) is 17.0 Å². The fraction of sp³-hybridized carbons (Fsp3) is 0.533. The van der Waals surface area contributed by atoms with Gasteiger partial charge >= 0.3 is 12.1 Å². The number of aromatic nitrogens is 1. The van der Waals surface area contributed by atoms with Crippen LogP contribution in [0.1, 0.15) is 31.7 Å². The van der Waals surface area contributed by atoms with Gasteiger partial charge in [-0.1, -0.05) is 6.07 Å². The molecule has 0 spiro atoms.